The minimum absolute atomic E-state index is 0.151. The normalized spacial score (nSPS) is 10.9. The summed E-state index contributed by atoms with van der Waals surface area (Å²) in [4.78, 5) is 0. The molecule has 21 heavy (non-hydrogen) atoms. The van der Waals surface area contributed by atoms with Gasteiger partial charge in [0.15, 0.2) is 0 Å². The Kier molecular flexibility index (Phi) is 5.51. The van der Waals surface area contributed by atoms with Crippen molar-refractivity contribution in [2.75, 3.05) is 6.54 Å². The number of hydrogen-bond donors (Lipinski definition) is 1. The molecule has 1 nitrogen and oxygen atoms in total. The highest BCUT2D eigenvalue weighted by Crippen LogP contribution is 2.27. The van der Waals surface area contributed by atoms with Crippen molar-refractivity contribution in [1.82, 2.24) is 5.32 Å². The lowest BCUT2D eigenvalue weighted by molar-refractivity contribution is 0.629. The van der Waals surface area contributed by atoms with Crippen molar-refractivity contribution >= 4 is 0 Å². The van der Waals surface area contributed by atoms with Crippen LogP contribution >= 0.6 is 0 Å². The fraction of sp³-hybridized carbons (Fsp3) is 0.368. The zero-order valence-electron chi connectivity index (χ0n) is 13.2. The quantitative estimate of drug-likeness (QED) is 0.809. The number of rotatable bonds is 6. The van der Waals surface area contributed by atoms with Crippen LogP contribution in [0.15, 0.2) is 36.4 Å². The van der Waals surface area contributed by atoms with E-state index in [-0.39, 0.29) is 5.82 Å². The van der Waals surface area contributed by atoms with Gasteiger partial charge in [0.25, 0.3) is 0 Å². The van der Waals surface area contributed by atoms with E-state index in [0.717, 1.165) is 37.1 Å². The second-order valence-corrected chi connectivity index (χ2v) is 5.29. The van der Waals surface area contributed by atoms with Gasteiger partial charge in [0.1, 0.15) is 5.82 Å². The molecule has 2 aromatic rings. The van der Waals surface area contributed by atoms with Gasteiger partial charge in [-0.15, -0.1) is 0 Å². The molecule has 0 aromatic heterocycles. The van der Waals surface area contributed by atoms with Gasteiger partial charge in [-0.1, -0.05) is 45.0 Å². The number of benzene rings is 2. The van der Waals surface area contributed by atoms with Gasteiger partial charge in [-0.3, -0.25) is 0 Å². The van der Waals surface area contributed by atoms with Crippen LogP contribution in [0.5, 0.6) is 0 Å². The Hall–Kier alpha value is -1.67. The second kappa shape index (κ2) is 7.37. The van der Waals surface area contributed by atoms with Crippen LogP contribution in [-0.2, 0) is 19.4 Å². The van der Waals surface area contributed by atoms with Crippen molar-refractivity contribution in [1.29, 1.82) is 0 Å². The molecule has 0 fully saturated rings. The molecule has 0 aliphatic rings. The van der Waals surface area contributed by atoms with E-state index in [1.165, 1.54) is 11.1 Å². The third-order valence-electron chi connectivity index (χ3n) is 3.89. The van der Waals surface area contributed by atoms with Crippen molar-refractivity contribution in [3.63, 3.8) is 0 Å². The van der Waals surface area contributed by atoms with Gasteiger partial charge < -0.3 is 5.32 Å². The van der Waals surface area contributed by atoms with Crippen LogP contribution in [0.1, 0.15) is 37.5 Å². The van der Waals surface area contributed by atoms with Crippen LogP contribution in [0.2, 0.25) is 0 Å². The van der Waals surface area contributed by atoms with E-state index in [4.69, 9.17) is 0 Å². The molecule has 2 aromatic carbocycles. The van der Waals surface area contributed by atoms with Crippen LogP contribution in [0.4, 0.5) is 4.39 Å². The van der Waals surface area contributed by atoms with Crippen LogP contribution in [0.25, 0.3) is 11.1 Å². The van der Waals surface area contributed by atoms with E-state index in [2.05, 4.69) is 38.2 Å². The summed E-state index contributed by atoms with van der Waals surface area (Å²) >= 11 is 0. The summed E-state index contributed by atoms with van der Waals surface area (Å²) in [6.07, 6.45) is 2.00. The Labute approximate surface area is 127 Å². The van der Waals surface area contributed by atoms with Gasteiger partial charge in [-0.25, -0.2) is 4.39 Å². The smallest absolute Gasteiger partial charge is 0.131 e. The first-order valence-corrected chi connectivity index (χ1v) is 7.80. The molecular formula is C19H24FN. The first kappa shape index (κ1) is 15.7. The Balaban J connectivity index is 2.40. The first-order valence-electron chi connectivity index (χ1n) is 7.80. The van der Waals surface area contributed by atoms with Gasteiger partial charge in [0, 0.05) is 12.1 Å². The van der Waals surface area contributed by atoms with Crippen molar-refractivity contribution < 1.29 is 4.39 Å². The van der Waals surface area contributed by atoms with Gasteiger partial charge in [-0.05, 0) is 53.8 Å². The number of hydrogen-bond acceptors (Lipinski definition) is 1. The molecule has 0 atom stereocenters. The van der Waals surface area contributed by atoms with Crippen molar-refractivity contribution in [2.24, 2.45) is 0 Å². The molecule has 0 radical (unpaired) electrons. The molecule has 0 spiro atoms. The van der Waals surface area contributed by atoms with E-state index in [1.807, 2.05) is 18.2 Å². The van der Waals surface area contributed by atoms with Crippen LogP contribution < -0.4 is 5.32 Å². The lowest BCUT2D eigenvalue weighted by Gasteiger charge is -2.11. The Bertz CT molecular complexity index is 605. The second-order valence-electron chi connectivity index (χ2n) is 5.29. The number of halogens is 1. The summed E-state index contributed by atoms with van der Waals surface area (Å²) < 4.78 is 14.2. The Morgan fingerprint density at radius 2 is 1.67 bits per heavy atom. The molecule has 112 valence electrons. The summed E-state index contributed by atoms with van der Waals surface area (Å²) in [5, 5.41) is 3.28. The fourth-order valence-corrected chi connectivity index (χ4v) is 2.64. The Morgan fingerprint density at radius 3 is 2.33 bits per heavy atom. The predicted octanol–water partition coefficient (Wildman–Crippen LogP) is 4.73. The lowest BCUT2D eigenvalue weighted by atomic mass is 9.95. The highest BCUT2D eigenvalue weighted by Gasteiger charge is 2.08. The molecule has 1 N–H and O–H groups in total. The molecule has 0 unspecified atom stereocenters. The van der Waals surface area contributed by atoms with Crippen molar-refractivity contribution in [3.05, 3.63) is 58.9 Å². The van der Waals surface area contributed by atoms with Crippen LogP contribution in [0, 0.1) is 5.82 Å². The van der Waals surface area contributed by atoms with Crippen molar-refractivity contribution in [3.8, 4) is 11.1 Å². The van der Waals surface area contributed by atoms with Gasteiger partial charge in [-0.2, -0.15) is 0 Å². The highest BCUT2D eigenvalue weighted by atomic mass is 19.1. The summed E-state index contributed by atoms with van der Waals surface area (Å²) in [5.74, 6) is -0.151. The molecule has 0 aliphatic heterocycles. The minimum atomic E-state index is -0.151. The van der Waals surface area contributed by atoms with E-state index >= 15 is 0 Å². The summed E-state index contributed by atoms with van der Waals surface area (Å²) in [6, 6.07) is 11.7. The average molecular weight is 285 g/mol. The maximum atomic E-state index is 14.2. The van der Waals surface area contributed by atoms with E-state index < -0.39 is 0 Å². The maximum Gasteiger partial charge on any atom is 0.131 e. The highest BCUT2D eigenvalue weighted by molar-refractivity contribution is 5.66. The third-order valence-corrected chi connectivity index (χ3v) is 3.89. The molecule has 0 saturated heterocycles. The van der Waals surface area contributed by atoms with E-state index in [9.17, 15) is 4.39 Å². The standard InChI is InChI=1S/C19H24FN/c1-4-15-8-9-17(12-16(15)5-2)18-11-14(13-21-6-3)7-10-19(18)20/h7-12,21H,4-6,13H2,1-3H3. The SMILES string of the molecule is CCNCc1ccc(F)c(-c2ccc(CC)c(CC)c2)c1. The Morgan fingerprint density at radius 1 is 0.905 bits per heavy atom. The largest absolute Gasteiger partial charge is 0.313 e. The fourth-order valence-electron chi connectivity index (χ4n) is 2.64. The van der Waals surface area contributed by atoms with Crippen molar-refractivity contribution in [2.45, 2.75) is 40.2 Å². The predicted molar refractivity (Wildman–Crippen MR) is 88.0 cm³/mol. The third kappa shape index (κ3) is 3.70. The zero-order chi connectivity index (χ0) is 15.2. The topological polar surface area (TPSA) is 12.0 Å². The molecule has 0 amide bonds. The number of aryl methyl sites for hydroxylation is 2. The van der Waals surface area contributed by atoms with E-state index in [1.54, 1.807) is 6.07 Å². The molecular weight excluding hydrogens is 261 g/mol. The lowest BCUT2D eigenvalue weighted by Crippen LogP contribution is -2.11. The molecule has 0 saturated carbocycles. The number of nitrogens with one attached hydrogen (secondary N) is 1. The average Bonchev–Trinajstić information content (AvgIpc) is 2.53. The maximum absolute atomic E-state index is 14.2. The summed E-state index contributed by atoms with van der Waals surface area (Å²) in [6.45, 7) is 8.07. The zero-order valence-corrected chi connectivity index (χ0v) is 13.2. The van der Waals surface area contributed by atoms with Crippen LogP contribution in [-0.4, -0.2) is 6.54 Å². The first-order chi connectivity index (χ1) is 10.2. The summed E-state index contributed by atoms with van der Waals surface area (Å²) in [7, 11) is 0. The van der Waals surface area contributed by atoms with Crippen LogP contribution in [0.3, 0.4) is 0 Å². The molecule has 0 heterocycles. The summed E-state index contributed by atoms with van der Waals surface area (Å²) in [5.41, 5.74) is 5.45. The van der Waals surface area contributed by atoms with Gasteiger partial charge in [0.05, 0.1) is 0 Å². The molecule has 2 rings (SSSR count). The molecule has 2 heteroatoms. The van der Waals surface area contributed by atoms with Gasteiger partial charge in [0.2, 0.25) is 0 Å². The van der Waals surface area contributed by atoms with Gasteiger partial charge >= 0.3 is 0 Å². The molecule has 0 aliphatic carbocycles. The minimum Gasteiger partial charge on any atom is -0.313 e. The monoisotopic (exact) mass is 285 g/mol. The van der Waals surface area contributed by atoms with E-state index in [0.29, 0.717) is 5.56 Å². The molecule has 0 bridgehead atoms.